The first-order valence-corrected chi connectivity index (χ1v) is 13.2. The SMILES string of the molecule is CCOC(=O)c1sc(NC(=O)c2ccc(COc3c(Cl)c(Cl)c(Cl)c(Cl)c3Cl)o2)c(C(=O)OCC)c1C. The summed E-state index contributed by atoms with van der Waals surface area (Å²) in [5.41, 5.74) is 0.388. The fourth-order valence-corrected chi connectivity index (χ4v) is 5.35. The second kappa shape index (κ2) is 12.6. The highest BCUT2D eigenvalue weighted by Gasteiger charge is 2.28. The molecular weight excluding hydrogens is 612 g/mol. The Labute approximate surface area is 240 Å². The minimum Gasteiger partial charge on any atom is -0.482 e. The van der Waals surface area contributed by atoms with E-state index in [0.29, 0.717) is 5.56 Å². The quantitative estimate of drug-likeness (QED) is 0.145. The van der Waals surface area contributed by atoms with Gasteiger partial charge in [0.25, 0.3) is 5.91 Å². The number of esters is 2. The molecule has 14 heteroatoms. The maximum Gasteiger partial charge on any atom is 0.348 e. The minimum absolute atomic E-state index is 0.00947. The molecular formula is C23H18Cl5NO7S. The normalized spacial score (nSPS) is 10.8. The standard InChI is InChI=1S/C23H18Cl5NO7S/c1-4-33-22(31)12-9(3)19(23(32)34-5-2)37-21(12)29-20(30)11-7-6-10(36-11)8-35-18-16(27)14(25)13(24)15(26)17(18)28/h6-7H,4-5,8H2,1-3H3,(H,29,30). The molecule has 0 aliphatic rings. The van der Waals surface area contributed by atoms with Gasteiger partial charge in [-0.2, -0.15) is 0 Å². The van der Waals surface area contributed by atoms with Crippen LogP contribution in [0.5, 0.6) is 5.75 Å². The maximum absolute atomic E-state index is 12.9. The van der Waals surface area contributed by atoms with E-state index in [9.17, 15) is 14.4 Å². The van der Waals surface area contributed by atoms with Crippen molar-refractivity contribution in [2.75, 3.05) is 18.5 Å². The first kappa shape index (κ1) is 29.4. The van der Waals surface area contributed by atoms with Crippen LogP contribution in [-0.4, -0.2) is 31.1 Å². The predicted octanol–water partition coefficient (Wildman–Crippen LogP) is 8.10. The Morgan fingerprint density at radius 2 is 1.46 bits per heavy atom. The first-order valence-electron chi connectivity index (χ1n) is 10.5. The van der Waals surface area contributed by atoms with Crippen LogP contribution in [0.15, 0.2) is 16.5 Å². The zero-order valence-electron chi connectivity index (χ0n) is 19.4. The summed E-state index contributed by atoms with van der Waals surface area (Å²) in [5, 5.41) is 2.56. The van der Waals surface area contributed by atoms with Gasteiger partial charge in [0, 0.05) is 0 Å². The summed E-state index contributed by atoms with van der Waals surface area (Å²) in [4.78, 5) is 37.9. The van der Waals surface area contributed by atoms with E-state index in [1.54, 1.807) is 20.8 Å². The lowest BCUT2D eigenvalue weighted by atomic mass is 10.1. The zero-order valence-corrected chi connectivity index (χ0v) is 24.0. The summed E-state index contributed by atoms with van der Waals surface area (Å²) in [5.74, 6) is -1.86. The lowest BCUT2D eigenvalue weighted by Crippen LogP contribution is -2.14. The third-order valence-corrected chi connectivity index (χ3v) is 8.16. The average Bonchev–Trinajstić information content (AvgIpc) is 3.46. The number of halogens is 5. The molecule has 0 aliphatic heterocycles. The third-order valence-electron chi connectivity index (χ3n) is 4.73. The van der Waals surface area contributed by atoms with E-state index >= 15 is 0 Å². The number of rotatable bonds is 9. The third kappa shape index (κ3) is 6.30. The molecule has 0 saturated heterocycles. The zero-order chi connectivity index (χ0) is 27.4. The van der Waals surface area contributed by atoms with Crippen LogP contribution in [0.3, 0.4) is 0 Å². The number of anilines is 1. The Kier molecular flexibility index (Phi) is 10.0. The molecule has 37 heavy (non-hydrogen) atoms. The van der Waals surface area contributed by atoms with Crippen LogP contribution in [0.1, 0.15) is 55.8 Å². The largest absolute Gasteiger partial charge is 0.482 e. The number of hydrogen-bond acceptors (Lipinski definition) is 8. The molecule has 2 heterocycles. The molecule has 1 amide bonds. The van der Waals surface area contributed by atoms with Crippen LogP contribution >= 0.6 is 69.3 Å². The van der Waals surface area contributed by atoms with Crippen molar-refractivity contribution in [3.05, 3.63) is 64.8 Å². The lowest BCUT2D eigenvalue weighted by Gasteiger charge is -2.12. The van der Waals surface area contributed by atoms with Crippen molar-refractivity contribution in [2.24, 2.45) is 0 Å². The Morgan fingerprint density at radius 3 is 2.05 bits per heavy atom. The molecule has 3 aromatic rings. The molecule has 0 radical (unpaired) electrons. The van der Waals surface area contributed by atoms with Crippen LogP contribution in [0.25, 0.3) is 0 Å². The van der Waals surface area contributed by atoms with Gasteiger partial charge in [-0.3, -0.25) is 4.79 Å². The van der Waals surface area contributed by atoms with E-state index in [1.165, 1.54) is 12.1 Å². The number of ether oxygens (including phenoxy) is 3. The summed E-state index contributed by atoms with van der Waals surface area (Å²) in [7, 11) is 0. The van der Waals surface area contributed by atoms with Crippen molar-refractivity contribution in [2.45, 2.75) is 27.4 Å². The van der Waals surface area contributed by atoms with Gasteiger partial charge in [0.05, 0.1) is 33.8 Å². The number of amides is 1. The Balaban J connectivity index is 1.81. The van der Waals surface area contributed by atoms with E-state index < -0.39 is 17.8 Å². The molecule has 0 fully saturated rings. The van der Waals surface area contributed by atoms with E-state index in [4.69, 9.17) is 76.6 Å². The molecule has 1 N–H and O–H groups in total. The molecule has 2 aromatic heterocycles. The number of benzene rings is 1. The van der Waals surface area contributed by atoms with Gasteiger partial charge in [-0.05, 0) is 38.5 Å². The summed E-state index contributed by atoms with van der Waals surface area (Å²) < 4.78 is 21.3. The highest BCUT2D eigenvalue weighted by molar-refractivity contribution is 7.18. The molecule has 0 aliphatic carbocycles. The maximum atomic E-state index is 12.9. The number of furan rings is 1. The van der Waals surface area contributed by atoms with Crippen molar-refractivity contribution in [3.8, 4) is 5.75 Å². The van der Waals surface area contributed by atoms with Crippen molar-refractivity contribution in [3.63, 3.8) is 0 Å². The van der Waals surface area contributed by atoms with E-state index in [-0.39, 0.29) is 77.6 Å². The number of hydrogen-bond donors (Lipinski definition) is 1. The van der Waals surface area contributed by atoms with Crippen molar-refractivity contribution in [1.29, 1.82) is 0 Å². The fourth-order valence-electron chi connectivity index (χ4n) is 3.04. The van der Waals surface area contributed by atoms with Gasteiger partial charge >= 0.3 is 11.9 Å². The molecule has 0 unspecified atom stereocenters. The molecule has 1 aromatic carbocycles. The second-order valence-corrected chi connectivity index (χ2v) is 10.0. The highest BCUT2D eigenvalue weighted by Crippen LogP contribution is 2.48. The summed E-state index contributed by atoms with van der Waals surface area (Å²) in [6, 6.07) is 2.89. The summed E-state index contributed by atoms with van der Waals surface area (Å²) >= 11 is 31.3. The molecule has 0 spiro atoms. The molecule has 3 rings (SSSR count). The van der Waals surface area contributed by atoms with Crippen LogP contribution in [-0.2, 0) is 16.1 Å². The Bertz CT molecular complexity index is 1340. The first-order chi connectivity index (χ1) is 17.5. The van der Waals surface area contributed by atoms with Crippen LogP contribution < -0.4 is 10.1 Å². The topological polar surface area (TPSA) is 104 Å². The number of carbonyl (C=O) groups is 3. The molecule has 0 atom stereocenters. The number of thiophene rings is 1. The van der Waals surface area contributed by atoms with E-state index in [2.05, 4.69) is 5.32 Å². The van der Waals surface area contributed by atoms with Gasteiger partial charge in [0.15, 0.2) is 11.5 Å². The van der Waals surface area contributed by atoms with E-state index in [0.717, 1.165) is 11.3 Å². The van der Waals surface area contributed by atoms with Crippen molar-refractivity contribution >= 4 is 92.2 Å². The van der Waals surface area contributed by atoms with Crippen molar-refractivity contribution < 1.29 is 33.0 Å². The van der Waals surface area contributed by atoms with Crippen LogP contribution in [0.4, 0.5) is 5.00 Å². The molecule has 0 saturated carbocycles. The van der Waals surface area contributed by atoms with Crippen LogP contribution in [0, 0.1) is 6.92 Å². The van der Waals surface area contributed by atoms with Gasteiger partial charge in [-0.1, -0.05) is 58.0 Å². The lowest BCUT2D eigenvalue weighted by molar-refractivity contribution is 0.0527. The van der Waals surface area contributed by atoms with Gasteiger partial charge < -0.3 is 23.9 Å². The van der Waals surface area contributed by atoms with Crippen molar-refractivity contribution in [1.82, 2.24) is 0 Å². The summed E-state index contributed by atoms with van der Waals surface area (Å²) in [6.07, 6.45) is 0. The smallest absolute Gasteiger partial charge is 0.348 e. The van der Waals surface area contributed by atoms with Crippen LogP contribution in [0.2, 0.25) is 25.1 Å². The van der Waals surface area contributed by atoms with Gasteiger partial charge in [0.1, 0.15) is 32.3 Å². The molecule has 0 bridgehead atoms. The predicted molar refractivity (Wildman–Crippen MR) is 143 cm³/mol. The fraction of sp³-hybridized carbons (Fsp3) is 0.261. The van der Waals surface area contributed by atoms with Gasteiger partial charge in [-0.15, -0.1) is 11.3 Å². The number of nitrogens with one attached hydrogen (secondary N) is 1. The van der Waals surface area contributed by atoms with Gasteiger partial charge in [-0.25, -0.2) is 9.59 Å². The highest BCUT2D eigenvalue weighted by atomic mass is 35.5. The number of carbonyl (C=O) groups excluding carboxylic acids is 3. The minimum atomic E-state index is -0.690. The van der Waals surface area contributed by atoms with E-state index in [1.807, 2.05) is 0 Å². The Hall–Kier alpha value is -2.14. The Morgan fingerprint density at radius 1 is 0.892 bits per heavy atom. The van der Waals surface area contributed by atoms with Gasteiger partial charge in [0.2, 0.25) is 0 Å². The summed E-state index contributed by atoms with van der Waals surface area (Å²) in [6.45, 7) is 4.94. The monoisotopic (exact) mass is 627 g/mol. The molecule has 198 valence electrons. The molecule has 8 nitrogen and oxygen atoms in total. The second-order valence-electron chi connectivity index (χ2n) is 7.11. The average molecular weight is 630 g/mol.